The molecule has 0 fully saturated rings. The zero-order chi connectivity index (χ0) is 8.84. The average molecular weight is 169 g/mol. The Hall–Kier alpha value is -1.38. The summed E-state index contributed by atoms with van der Waals surface area (Å²) in [6, 6.07) is 4.20. The van der Waals surface area contributed by atoms with Crippen molar-refractivity contribution in [3.8, 4) is 0 Å². The fraction of sp³-hybridized carbons (Fsp3) is 0.200. The highest BCUT2D eigenvalue weighted by molar-refractivity contribution is 6.32. The maximum absolute atomic E-state index is 2.27. The molecule has 1 radical (unpaired) electrons. The maximum atomic E-state index is 2.27. The Morgan fingerprint density at radius 2 is 2.38 bits per heavy atom. The lowest BCUT2D eigenvalue weighted by molar-refractivity contribution is 0.629. The monoisotopic (exact) mass is 169 g/mol. The van der Waals surface area contributed by atoms with E-state index >= 15 is 0 Å². The summed E-state index contributed by atoms with van der Waals surface area (Å²) < 4.78 is 2.15. The molecule has 2 aliphatic heterocycles. The summed E-state index contributed by atoms with van der Waals surface area (Å²) in [7, 11) is 2.15. The molecule has 0 spiro atoms. The van der Waals surface area contributed by atoms with Gasteiger partial charge in [0.05, 0.1) is 0 Å². The lowest BCUT2D eigenvalue weighted by Gasteiger charge is -2.25. The van der Waals surface area contributed by atoms with Gasteiger partial charge in [-0.25, -0.2) is 0 Å². The highest BCUT2D eigenvalue weighted by Gasteiger charge is 2.23. The topological polar surface area (TPSA) is 8.17 Å². The molecular weight excluding hydrogens is 159 g/mol. The van der Waals surface area contributed by atoms with E-state index in [2.05, 4.69) is 54.2 Å². The zero-order valence-corrected chi connectivity index (χ0v) is 7.57. The molecule has 0 bridgehead atoms. The van der Waals surface area contributed by atoms with Crippen LogP contribution in [0, 0.1) is 0 Å². The second-order valence-corrected chi connectivity index (χ2v) is 3.52. The predicted octanol–water partition coefficient (Wildman–Crippen LogP) is 1.49. The molecule has 2 nitrogen and oxygen atoms in total. The molecule has 0 unspecified atom stereocenters. The SMILES string of the molecule is CC1=CCN2[B]n3cccc3C=C12. The third kappa shape index (κ3) is 0.901. The van der Waals surface area contributed by atoms with Crippen LogP contribution in [0.4, 0.5) is 0 Å². The summed E-state index contributed by atoms with van der Waals surface area (Å²) in [5.74, 6) is 0. The Kier molecular flexibility index (Phi) is 1.26. The number of aromatic nitrogens is 1. The van der Waals surface area contributed by atoms with Crippen molar-refractivity contribution in [2.75, 3.05) is 6.54 Å². The summed E-state index contributed by atoms with van der Waals surface area (Å²) in [6.07, 6.45) is 6.57. The van der Waals surface area contributed by atoms with Crippen LogP contribution >= 0.6 is 0 Å². The van der Waals surface area contributed by atoms with E-state index in [0.29, 0.717) is 0 Å². The summed E-state index contributed by atoms with van der Waals surface area (Å²) in [4.78, 5) is 2.27. The van der Waals surface area contributed by atoms with Crippen LogP contribution in [0.3, 0.4) is 0 Å². The van der Waals surface area contributed by atoms with Gasteiger partial charge in [0, 0.05) is 17.9 Å². The first kappa shape index (κ1) is 7.07. The molecule has 3 rings (SSSR count). The van der Waals surface area contributed by atoms with Crippen LogP contribution in [0.15, 0.2) is 35.7 Å². The summed E-state index contributed by atoms with van der Waals surface area (Å²) in [5, 5.41) is 0. The number of fused-ring (bicyclic) bond motifs is 2. The fourth-order valence-electron chi connectivity index (χ4n) is 1.90. The number of nitrogens with zero attached hydrogens (tertiary/aromatic N) is 2. The van der Waals surface area contributed by atoms with Crippen LogP contribution in [-0.2, 0) is 0 Å². The van der Waals surface area contributed by atoms with E-state index in [9.17, 15) is 0 Å². The van der Waals surface area contributed by atoms with Gasteiger partial charge in [-0.1, -0.05) is 6.08 Å². The molecule has 0 N–H and O–H groups in total. The molecule has 0 aliphatic carbocycles. The van der Waals surface area contributed by atoms with Crippen LogP contribution in [0.2, 0.25) is 0 Å². The second-order valence-electron chi connectivity index (χ2n) is 3.52. The fourth-order valence-corrected chi connectivity index (χ4v) is 1.90. The van der Waals surface area contributed by atoms with Gasteiger partial charge in [0.1, 0.15) is 0 Å². The van der Waals surface area contributed by atoms with Gasteiger partial charge in [-0.05, 0) is 36.9 Å². The summed E-state index contributed by atoms with van der Waals surface area (Å²) >= 11 is 0. The smallest absolute Gasteiger partial charge is 0.395 e. The van der Waals surface area contributed by atoms with E-state index in [-0.39, 0.29) is 0 Å². The first-order valence-electron chi connectivity index (χ1n) is 4.52. The van der Waals surface area contributed by atoms with Crippen molar-refractivity contribution in [1.82, 2.24) is 9.29 Å². The molecule has 0 atom stereocenters. The van der Waals surface area contributed by atoms with Gasteiger partial charge in [-0.2, -0.15) is 0 Å². The molecule has 1 aromatic rings. The molecule has 0 saturated carbocycles. The minimum Gasteiger partial charge on any atom is -0.395 e. The van der Waals surface area contributed by atoms with Crippen molar-refractivity contribution in [2.45, 2.75) is 6.92 Å². The van der Waals surface area contributed by atoms with Gasteiger partial charge >= 0.3 is 7.55 Å². The molecule has 0 saturated heterocycles. The van der Waals surface area contributed by atoms with Gasteiger partial charge in [-0.15, -0.1) is 0 Å². The third-order valence-electron chi connectivity index (χ3n) is 2.67. The van der Waals surface area contributed by atoms with Gasteiger partial charge in [0.15, 0.2) is 0 Å². The van der Waals surface area contributed by atoms with Crippen molar-refractivity contribution in [2.24, 2.45) is 0 Å². The number of rotatable bonds is 0. The second kappa shape index (κ2) is 2.31. The summed E-state index contributed by atoms with van der Waals surface area (Å²) in [6.45, 7) is 3.17. The Balaban J connectivity index is 2.13. The first-order chi connectivity index (χ1) is 6.34. The van der Waals surface area contributed by atoms with Gasteiger partial charge < -0.3 is 9.29 Å². The quantitative estimate of drug-likeness (QED) is 0.534. The lowest BCUT2D eigenvalue weighted by atomic mass is 10.0. The number of allylic oxidation sites excluding steroid dienone is 1. The Bertz CT molecular complexity index is 414. The third-order valence-corrected chi connectivity index (χ3v) is 2.67. The molecule has 1 aromatic heterocycles. The van der Waals surface area contributed by atoms with Gasteiger partial charge in [0.2, 0.25) is 0 Å². The van der Waals surface area contributed by atoms with Crippen LogP contribution in [0.25, 0.3) is 6.08 Å². The molecule has 3 heteroatoms. The predicted molar refractivity (Wildman–Crippen MR) is 54.0 cm³/mol. The van der Waals surface area contributed by atoms with Gasteiger partial charge in [0.25, 0.3) is 0 Å². The average Bonchev–Trinajstić information content (AvgIpc) is 2.70. The van der Waals surface area contributed by atoms with E-state index < -0.39 is 0 Å². The largest absolute Gasteiger partial charge is 0.396 e. The van der Waals surface area contributed by atoms with E-state index in [1.807, 2.05) is 0 Å². The Morgan fingerprint density at radius 1 is 1.46 bits per heavy atom. The van der Waals surface area contributed by atoms with Crippen LogP contribution < -0.4 is 0 Å². The van der Waals surface area contributed by atoms with Crippen molar-refractivity contribution in [3.05, 3.63) is 41.4 Å². The molecule has 63 valence electrons. The number of hydrogen-bond acceptors (Lipinski definition) is 1. The van der Waals surface area contributed by atoms with E-state index in [0.717, 1.165) is 6.54 Å². The lowest BCUT2D eigenvalue weighted by Crippen LogP contribution is -2.32. The van der Waals surface area contributed by atoms with E-state index in [4.69, 9.17) is 0 Å². The first-order valence-corrected chi connectivity index (χ1v) is 4.52. The Labute approximate surface area is 78.4 Å². The standard InChI is InChI=1S/C10H10BN2/c1-8-4-6-13-10(8)7-9-3-2-5-12(9)11-13/h2-5,7H,6H2,1H3. The molecular formula is C10H10BN2. The normalized spacial score (nSPS) is 18.7. The van der Waals surface area contributed by atoms with Crippen molar-refractivity contribution < 1.29 is 0 Å². The van der Waals surface area contributed by atoms with Crippen LogP contribution in [0.5, 0.6) is 0 Å². The highest BCUT2D eigenvalue weighted by Crippen LogP contribution is 2.26. The van der Waals surface area contributed by atoms with Crippen LogP contribution in [-0.4, -0.2) is 23.4 Å². The minimum atomic E-state index is 1.01. The van der Waals surface area contributed by atoms with Crippen molar-refractivity contribution in [3.63, 3.8) is 0 Å². The molecule has 2 aliphatic rings. The molecule has 0 aromatic carbocycles. The molecule has 13 heavy (non-hydrogen) atoms. The van der Waals surface area contributed by atoms with Crippen molar-refractivity contribution >= 4 is 13.6 Å². The molecule has 0 amide bonds. The summed E-state index contributed by atoms with van der Waals surface area (Å²) in [5.41, 5.74) is 3.98. The Morgan fingerprint density at radius 3 is 3.31 bits per heavy atom. The van der Waals surface area contributed by atoms with Gasteiger partial charge in [-0.3, -0.25) is 0 Å². The van der Waals surface area contributed by atoms with E-state index in [1.165, 1.54) is 17.0 Å². The van der Waals surface area contributed by atoms with Crippen molar-refractivity contribution in [1.29, 1.82) is 0 Å². The number of hydrogen-bond donors (Lipinski definition) is 0. The minimum absolute atomic E-state index is 1.01. The highest BCUT2D eigenvalue weighted by atomic mass is 15.2. The maximum Gasteiger partial charge on any atom is 0.396 e. The van der Waals surface area contributed by atoms with Crippen LogP contribution in [0.1, 0.15) is 12.6 Å². The van der Waals surface area contributed by atoms with E-state index in [1.54, 1.807) is 0 Å². The molecule has 3 heterocycles. The zero-order valence-electron chi connectivity index (χ0n) is 7.57.